The number of halogens is 2. The number of imidazole rings is 1. The SMILES string of the molecule is CC(C)(C)[C@H](N)C(=O)Nc1ccc(-c2nc3cc(F)c(F)cc3[nH]2)cc1. The summed E-state index contributed by atoms with van der Waals surface area (Å²) >= 11 is 0. The number of nitrogens with zero attached hydrogens (tertiary/aromatic N) is 1. The van der Waals surface area contributed by atoms with Crippen LogP contribution in [0.1, 0.15) is 20.8 Å². The molecule has 2 aromatic carbocycles. The molecule has 26 heavy (non-hydrogen) atoms. The van der Waals surface area contributed by atoms with Crippen molar-refractivity contribution < 1.29 is 13.6 Å². The number of amides is 1. The molecule has 4 N–H and O–H groups in total. The molecule has 0 aliphatic rings. The highest BCUT2D eigenvalue weighted by Gasteiger charge is 2.27. The van der Waals surface area contributed by atoms with Gasteiger partial charge in [-0.15, -0.1) is 0 Å². The summed E-state index contributed by atoms with van der Waals surface area (Å²) in [7, 11) is 0. The molecule has 3 aromatic rings. The fraction of sp³-hybridized carbons (Fsp3) is 0.263. The summed E-state index contributed by atoms with van der Waals surface area (Å²) in [5, 5.41) is 2.77. The topological polar surface area (TPSA) is 83.8 Å². The number of carbonyl (C=O) groups excluding carboxylic acids is 1. The van der Waals surface area contributed by atoms with Gasteiger partial charge in [-0.05, 0) is 29.7 Å². The van der Waals surface area contributed by atoms with E-state index in [9.17, 15) is 13.6 Å². The van der Waals surface area contributed by atoms with Gasteiger partial charge in [0, 0.05) is 23.4 Å². The molecule has 0 saturated carbocycles. The Kier molecular flexibility index (Phi) is 4.50. The van der Waals surface area contributed by atoms with Gasteiger partial charge in [-0.3, -0.25) is 4.79 Å². The number of hydrogen-bond donors (Lipinski definition) is 3. The van der Waals surface area contributed by atoms with Crippen LogP contribution in [0, 0.1) is 17.0 Å². The largest absolute Gasteiger partial charge is 0.338 e. The third-order valence-corrected chi connectivity index (χ3v) is 4.17. The Hall–Kier alpha value is -2.80. The maximum Gasteiger partial charge on any atom is 0.241 e. The lowest BCUT2D eigenvalue weighted by Crippen LogP contribution is -2.45. The lowest BCUT2D eigenvalue weighted by atomic mass is 9.87. The van der Waals surface area contributed by atoms with Crippen molar-refractivity contribution in [1.29, 1.82) is 0 Å². The molecule has 0 aliphatic heterocycles. The van der Waals surface area contributed by atoms with Gasteiger partial charge < -0.3 is 16.0 Å². The van der Waals surface area contributed by atoms with E-state index in [1.807, 2.05) is 20.8 Å². The van der Waals surface area contributed by atoms with Crippen LogP contribution >= 0.6 is 0 Å². The maximum absolute atomic E-state index is 13.3. The van der Waals surface area contributed by atoms with Crippen molar-refractivity contribution in [3.05, 3.63) is 48.0 Å². The quantitative estimate of drug-likeness (QED) is 0.665. The summed E-state index contributed by atoms with van der Waals surface area (Å²) in [4.78, 5) is 19.4. The molecule has 5 nitrogen and oxygen atoms in total. The van der Waals surface area contributed by atoms with Gasteiger partial charge in [-0.25, -0.2) is 13.8 Å². The van der Waals surface area contributed by atoms with E-state index in [4.69, 9.17) is 5.73 Å². The molecule has 0 radical (unpaired) electrons. The first kappa shape index (κ1) is 18.0. The minimum atomic E-state index is -0.941. The van der Waals surface area contributed by atoms with Crippen LogP contribution in [0.2, 0.25) is 0 Å². The van der Waals surface area contributed by atoms with Crippen LogP contribution in [0.15, 0.2) is 36.4 Å². The smallest absolute Gasteiger partial charge is 0.241 e. The molecule has 0 unspecified atom stereocenters. The number of nitrogens with one attached hydrogen (secondary N) is 2. The van der Waals surface area contributed by atoms with Gasteiger partial charge in [-0.2, -0.15) is 0 Å². The molecular formula is C19H20F2N4O. The monoisotopic (exact) mass is 358 g/mol. The van der Waals surface area contributed by atoms with Crippen LogP contribution in [0.25, 0.3) is 22.4 Å². The zero-order valence-electron chi connectivity index (χ0n) is 14.7. The second-order valence-electron chi connectivity index (χ2n) is 7.28. The average molecular weight is 358 g/mol. The first-order chi connectivity index (χ1) is 12.1. The van der Waals surface area contributed by atoms with E-state index >= 15 is 0 Å². The Morgan fingerprint density at radius 2 is 1.77 bits per heavy atom. The second kappa shape index (κ2) is 6.49. The van der Waals surface area contributed by atoms with Crippen molar-refractivity contribution in [2.45, 2.75) is 26.8 Å². The lowest BCUT2D eigenvalue weighted by molar-refractivity contribution is -0.119. The Balaban J connectivity index is 1.80. The van der Waals surface area contributed by atoms with Crippen molar-refractivity contribution in [3.63, 3.8) is 0 Å². The Morgan fingerprint density at radius 1 is 1.15 bits per heavy atom. The zero-order valence-corrected chi connectivity index (χ0v) is 14.7. The van der Waals surface area contributed by atoms with Crippen LogP contribution in [-0.4, -0.2) is 21.9 Å². The molecule has 1 aromatic heterocycles. The third-order valence-electron chi connectivity index (χ3n) is 4.17. The fourth-order valence-corrected chi connectivity index (χ4v) is 2.47. The minimum absolute atomic E-state index is 0.264. The van der Waals surface area contributed by atoms with Crippen LogP contribution in [-0.2, 0) is 4.79 Å². The van der Waals surface area contributed by atoms with E-state index < -0.39 is 17.7 Å². The highest BCUT2D eigenvalue weighted by atomic mass is 19.2. The standard InChI is InChI=1S/C19H20F2N4O/c1-19(2,3)16(22)18(26)23-11-6-4-10(5-7-11)17-24-14-8-12(20)13(21)9-15(14)25-17/h4-9,16H,22H2,1-3H3,(H,23,26)(H,24,25)/t16-/m1/s1. The molecule has 0 spiro atoms. The van der Waals surface area contributed by atoms with Gasteiger partial charge in [0.15, 0.2) is 11.6 Å². The van der Waals surface area contributed by atoms with Crippen molar-refractivity contribution in [2.75, 3.05) is 5.32 Å². The summed E-state index contributed by atoms with van der Waals surface area (Å²) in [5.41, 5.74) is 7.67. The minimum Gasteiger partial charge on any atom is -0.338 e. The normalized spacial score (nSPS) is 13.0. The Morgan fingerprint density at radius 3 is 2.38 bits per heavy atom. The third kappa shape index (κ3) is 3.57. The van der Waals surface area contributed by atoms with E-state index in [2.05, 4.69) is 15.3 Å². The highest BCUT2D eigenvalue weighted by molar-refractivity contribution is 5.95. The maximum atomic E-state index is 13.3. The molecule has 0 saturated heterocycles. The van der Waals surface area contributed by atoms with Crippen molar-refractivity contribution in [2.24, 2.45) is 11.1 Å². The van der Waals surface area contributed by atoms with Crippen LogP contribution in [0.5, 0.6) is 0 Å². The van der Waals surface area contributed by atoms with Crippen LogP contribution in [0.3, 0.4) is 0 Å². The zero-order chi connectivity index (χ0) is 19.1. The number of fused-ring (bicyclic) bond motifs is 1. The number of nitrogens with two attached hydrogens (primary N) is 1. The number of benzene rings is 2. The predicted molar refractivity (Wildman–Crippen MR) is 97.5 cm³/mol. The van der Waals surface area contributed by atoms with E-state index in [-0.39, 0.29) is 11.3 Å². The van der Waals surface area contributed by atoms with Gasteiger partial charge in [0.25, 0.3) is 0 Å². The van der Waals surface area contributed by atoms with Gasteiger partial charge in [0.2, 0.25) is 5.91 Å². The van der Waals surface area contributed by atoms with Crippen molar-refractivity contribution in [3.8, 4) is 11.4 Å². The van der Waals surface area contributed by atoms with Gasteiger partial charge in [-0.1, -0.05) is 20.8 Å². The second-order valence-corrected chi connectivity index (χ2v) is 7.28. The predicted octanol–water partition coefficient (Wildman–Crippen LogP) is 3.82. The van der Waals surface area contributed by atoms with Gasteiger partial charge in [0.1, 0.15) is 5.82 Å². The number of anilines is 1. The van der Waals surface area contributed by atoms with E-state index in [1.165, 1.54) is 0 Å². The van der Waals surface area contributed by atoms with Crippen molar-refractivity contribution >= 4 is 22.6 Å². The summed E-state index contributed by atoms with van der Waals surface area (Å²) in [6, 6.07) is 8.43. The fourth-order valence-electron chi connectivity index (χ4n) is 2.47. The number of H-pyrrole nitrogens is 1. The number of rotatable bonds is 3. The first-order valence-corrected chi connectivity index (χ1v) is 8.17. The number of carbonyl (C=O) groups is 1. The summed E-state index contributed by atoms with van der Waals surface area (Å²) in [5.74, 6) is -1.65. The lowest BCUT2D eigenvalue weighted by Gasteiger charge is -2.25. The Labute approximate surface area is 149 Å². The molecule has 1 atom stereocenters. The number of hydrogen-bond acceptors (Lipinski definition) is 3. The molecule has 0 aliphatic carbocycles. The van der Waals surface area contributed by atoms with E-state index in [0.717, 1.165) is 17.7 Å². The molecule has 0 fully saturated rings. The number of aromatic amines is 1. The average Bonchev–Trinajstić information content (AvgIpc) is 2.97. The van der Waals surface area contributed by atoms with E-state index in [0.29, 0.717) is 22.5 Å². The van der Waals surface area contributed by atoms with Gasteiger partial charge >= 0.3 is 0 Å². The molecular weight excluding hydrogens is 338 g/mol. The van der Waals surface area contributed by atoms with Gasteiger partial charge in [0.05, 0.1) is 17.1 Å². The number of aromatic nitrogens is 2. The Bertz CT molecular complexity index is 919. The molecule has 7 heteroatoms. The van der Waals surface area contributed by atoms with Crippen LogP contribution < -0.4 is 11.1 Å². The van der Waals surface area contributed by atoms with E-state index in [1.54, 1.807) is 24.3 Å². The molecule has 0 bridgehead atoms. The molecule has 3 rings (SSSR count). The summed E-state index contributed by atoms with van der Waals surface area (Å²) in [6.07, 6.45) is 0. The van der Waals surface area contributed by atoms with Crippen molar-refractivity contribution in [1.82, 2.24) is 9.97 Å². The van der Waals surface area contributed by atoms with Crippen LogP contribution in [0.4, 0.5) is 14.5 Å². The summed E-state index contributed by atoms with van der Waals surface area (Å²) in [6.45, 7) is 5.69. The molecule has 1 heterocycles. The highest BCUT2D eigenvalue weighted by Crippen LogP contribution is 2.24. The first-order valence-electron chi connectivity index (χ1n) is 8.17. The molecule has 136 valence electrons. The summed E-state index contributed by atoms with van der Waals surface area (Å²) < 4.78 is 26.6. The molecule has 1 amide bonds.